The van der Waals surface area contributed by atoms with Gasteiger partial charge in [0, 0.05) is 12.1 Å². The van der Waals surface area contributed by atoms with Crippen molar-refractivity contribution in [2.75, 3.05) is 0 Å². The van der Waals surface area contributed by atoms with Crippen molar-refractivity contribution < 1.29 is 17.5 Å². The van der Waals surface area contributed by atoms with Crippen LogP contribution in [-0.4, -0.2) is 13.3 Å². The van der Waals surface area contributed by atoms with Gasteiger partial charge in [-0.1, -0.05) is 12.1 Å². The molecule has 20 heavy (non-hydrogen) atoms. The van der Waals surface area contributed by atoms with Crippen molar-refractivity contribution in [1.82, 2.24) is 0 Å². The molecule has 104 valence electrons. The maximum atomic E-state index is 10.7. The number of rotatable bonds is 4. The summed E-state index contributed by atoms with van der Waals surface area (Å²) in [7, 11) is -4.04. The first-order valence-electron chi connectivity index (χ1n) is 5.42. The third-order valence-corrected chi connectivity index (χ3v) is 2.90. The van der Waals surface area contributed by atoms with E-state index in [2.05, 4.69) is 4.18 Å². The van der Waals surface area contributed by atoms with Crippen molar-refractivity contribution in [3.8, 4) is 16.9 Å². The van der Waals surface area contributed by atoms with E-state index in [1.807, 2.05) is 0 Å². The van der Waals surface area contributed by atoms with Crippen molar-refractivity contribution in [3.05, 3.63) is 58.6 Å². The average Bonchev–Trinajstić information content (AvgIpc) is 2.38. The molecule has 0 heterocycles. The van der Waals surface area contributed by atoms with Crippen LogP contribution in [0.2, 0.25) is 0 Å². The molecule has 2 aromatic rings. The van der Waals surface area contributed by atoms with Crippen LogP contribution in [0.15, 0.2) is 48.5 Å². The molecule has 2 aromatic carbocycles. The topological polar surface area (TPSA) is 113 Å². The summed E-state index contributed by atoms with van der Waals surface area (Å²) < 4.78 is 26.0. The lowest BCUT2D eigenvalue weighted by Crippen LogP contribution is -2.18. The molecule has 0 aliphatic carbocycles. The van der Waals surface area contributed by atoms with Crippen LogP contribution in [-0.2, 0) is 10.3 Å². The maximum absolute atomic E-state index is 10.7. The van der Waals surface area contributed by atoms with E-state index in [0.717, 1.165) is 11.1 Å². The van der Waals surface area contributed by atoms with Crippen LogP contribution in [0.4, 0.5) is 5.69 Å². The van der Waals surface area contributed by atoms with Gasteiger partial charge in [0.05, 0.1) is 4.92 Å². The van der Waals surface area contributed by atoms with Crippen LogP contribution in [0.5, 0.6) is 5.75 Å². The minimum absolute atomic E-state index is 0.00271. The van der Waals surface area contributed by atoms with Crippen LogP contribution in [0.1, 0.15) is 0 Å². The standard InChI is InChI=1S/C12H10N2O5S/c13-20(17,18)19-12-7-3-10(4-8-12)9-1-5-11(6-2-9)14(15)16/h1-8H,(H2,13,17,18). The van der Waals surface area contributed by atoms with Gasteiger partial charge in [-0.2, -0.15) is 13.6 Å². The number of benzene rings is 2. The smallest absolute Gasteiger partial charge is 0.371 e. The van der Waals surface area contributed by atoms with Gasteiger partial charge in [0.2, 0.25) is 0 Å². The Kier molecular flexibility index (Phi) is 3.68. The Morgan fingerprint density at radius 3 is 1.80 bits per heavy atom. The molecular weight excluding hydrogens is 284 g/mol. The van der Waals surface area contributed by atoms with Crippen molar-refractivity contribution >= 4 is 16.0 Å². The van der Waals surface area contributed by atoms with Gasteiger partial charge in [-0.05, 0) is 35.4 Å². The number of nitrogens with zero attached hydrogens (tertiary/aromatic N) is 1. The molecule has 2 rings (SSSR count). The Morgan fingerprint density at radius 2 is 1.40 bits per heavy atom. The minimum atomic E-state index is -4.04. The fourth-order valence-corrected chi connectivity index (χ4v) is 1.99. The predicted octanol–water partition coefficient (Wildman–Crippen LogP) is 1.84. The highest BCUT2D eigenvalue weighted by molar-refractivity contribution is 7.84. The van der Waals surface area contributed by atoms with Crippen molar-refractivity contribution in [2.45, 2.75) is 0 Å². The zero-order chi connectivity index (χ0) is 14.8. The maximum Gasteiger partial charge on any atom is 0.380 e. The molecular formula is C12H10N2O5S. The van der Waals surface area contributed by atoms with E-state index in [1.54, 1.807) is 24.3 Å². The fourth-order valence-electron chi connectivity index (χ4n) is 1.61. The van der Waals surface area contributed by atoms with Crippen molar-refractivity contribution in [1.29, 1.82) is 0 Å². The normalized spacial score (nSPS) is 11.1. The number of nitro benzene ring substituents is 1. The van der Waals surface area contributed by atoms with Gasteiger partial charge in [0.25, 0.3) is 5.69 Å². The Hall–Kier alpha value is -2.45. The van der Waals surface area contributed by atoms with E-state index in [4.69, 9.17) is 5.14 Å². The number of nitro groups is 1. The van der Waals surface area contributed by atoms with E-state index in [1.165, 1.54) is 24.3 Å². The number of hydrogen-bond donors (Lipinski definition) is 1. The van der Waals surface area contributed by atoms with Gasteiger partial charge in [0.15, 0.2) is 0 Å². The lowest BCUT2D eigenvalue weighted by atomic mass is 10.1. The van der Waals surface area contributed by atoms with Gasteiger partial charge in [0.1, 0.15) is 5.75 Å². The van der Waals surface area contributed by atoms with Crippen molar-refractivity contribution in [3.63, 3.8) is 0 Å². The molecule has 0 unspecified atom stereocenters. The van der Waals surface area contributed by atoms with Gasteiger partial charge in [-0.15, -0.1) is 0 Å². The van der Waals surface area contributed by atoms with Crippen LogP contribution in [0.25, 0.3) is 11.1 Å². The highest BCUT2D eigenvalue weighted by atomic mass is 32.2. The Balaban J connectivity index is 2.23. The first-order valence-corrected chi connectivity index (χ1v) is 6.89. The summed E-state index contributed by atoms with van der Waals surface area (Å²) in [5, 5.41) is 15.3. The summed E-state index contributed by atoms with van der Waals surface area (Å²) >= 11 is 0. The zero-order valence-electron chi connectivity index (χ0n) is 10.1. The number of nitrogens with two attached hydrogens (primary N) is 1. The van der Waals surface area contributed by atoms with Gasteiger partial charge >= 0.3 is 10.3 Å². The van der Waals surface area contributed by atoms with E-state index < -0.39 is 15.2 Å². The summed E-state index contributed by atoms with van der Waals surface area (Å²) in [4.78, 5) is 10.1. The number of non-ortho nitro benzene ring substituents is 1. The first kappa shape index (κ1) is 14.0. The van der Waals surface area contributed by atoms with E-state index in [-0.39, 0.29) is 11.4 Å². The molecule has 0 fully saturated rings. The van der Waals surface area contributed by atoms with E-state index in [9.17, 15) is 18.5 Å². The summed E-state index contributed by atoms with van der Waals surface area (Å²) in [5.74, 6) is 0.0955. The third-order valence-electron chi connectivity index (χ3n) is 2.48. The zero-order valence-corrected chi connectivity index (χ0v) is 10.9. The lowest BCUT2D eigenvalue weighted by Gasteiger charge is -2.04. The van der Waals surface area contributed by atoms with Crippen LogP contribution in [0.3, 0.4) is 0 Å². The molecule has 0 atom stereocenters. The second-order valence-electron chi connectivity index (χ2n) is 3.90. The number of hydrogen-bond acceptors (Lipinski definition) is 5. The van der Waals surface area contributed by atoms with Gasteiger partial charge in [-0.25, -0.2) is 0 Å². The largest absolute Gasteiger partial charge is 0.380 e. The second kappa shape index (κ2) is 5.27. The summed E-state index contributed by atoms with van der Waals surface area (Å²) in [6, 6.07) is 12.1. The highest BCUT2D eigenvalue weighted by Crippen LogP contribution is 2.24. The highest BCUT2D eigenvalue weighted by Gasteiger charge is 2.07. The quantitative estimate of drug-likeness (QED) is 0.683. The van der Waals surface area contributed by atoms with Crippen LogP contribution < -0.4 is 9.32 Å². The monoisotopic (exact) mass is 294 g/mol. The predicted molar refractivity (Wildman–Crippen MR) is 72.3 cm³/mol. The van der Waals surface area contributed by atoms with E-state index >= 15 is 0 Å². The summed E-state index contributed by atoms with van der Waals surface area (Å²) in [5.41, 5.74) is 1.53. The molecule has 2 N–H and O–H groups in total. The molecule has 0 radical (unpaired) electrons. The molecule has 7 nitrogen and oxygen atoms in total. The first-order chi connectivity index (χ1) is 9.35. The molecule has 0 saturated heterocycles. The summed E-state index contributed by atoms with van der Waals surface area (Å²) in [6.07, 6.45) is 0. The van der Waals surface area contributed by atoms with Crippen LogP contribution >= 0.6 is 0 Å². The lowest BCUT2D eigenvalue weighted by molar-refractivity contribution is -0.384. The molecule has 8 heteroatoms. The molecule has 0 amide bonds. The molecule has 0 aromatic heterocycles. The van der Waals surface area contributed by atoms with Gasteiger partial charge < -0.3 is 4.18 Å². The Bertz CT molecular complexity index is 723. The Morgan fingerprint density at radius 1 is 0.950 bits per heavy atom. The molecule has 0 spiro atoms. The van der Waals surface area contributed by atoms with Crippen LogP contribution in [0, 0.1) is 10.1 Å². The average molecular weight is 294 g/mol. The minimum Gasteiger partial charge on any atom is -0.371 e. The fraction of sp³-hybridized carbons (Fsp3) is 0. The third kappa shape index (κ3) is 3.53. The Labute approximate surface area is 115 Å². The van der Waals surface area contributed by atoms with Crippen molar-refractivity contribution in [2.24, 2.45) is 5.14 Å². The second-order valence-corrected chi connectivity index (χ2v) is 5.06. The molecule has 0 aliphatic rings. The van der Waals surface area contributed by atoms with E-state index in [0.29, 0.717) is 0 Å². The molecule has 0 bridgehead atoms. The van der Waals surface area contributed by atoms with Gasteiger partial charge in [-0.3, -0.25) is 10.1 Å². The molecule has 0 aliphatic heterocycles. The SMILES string of the molecule is NS(=O)(=O)Oc1ccc(-c2ccc([N+](=O)[O-])cc2)cc1. The molecule has 0 saturated carbocycles. The summed E-state index contributed by atoms with van der Waals surface area (Å²) in [6.45, 7) is 0.